The standard InChI is InChI=1S/C12H19NO/c1-6-9-12(14)13(8-3)11(5)10(4)7-2/h6-7,9H,5,8H2,1-4H3/b9-6+,10-7-. The molecule has 0 aromatic carbocycles. The summed E-state index contributed by atoms with van der Waals surface area (Å²) in [5, 5.41) is 0. The lowest BCUT2D eigenvalue weighted by Crippen LogP contribution is -2.28. The Morgan fingerprint density at radius 1 is 1.43 bits per heavy atom. The summed E-state index contributed by atoms with van der Waals surface area (Å²) in [7, 11) is 0. The lowest BCUT2D eigenvalue weighted by molar-refractivity contribution is -0.123. The molecule has 0 fully saturated rings. The van der Waals surface area contributed by atoms with Crippen molar-refractivity contribution in [2.45, 2.75) is 27.7 Å². The zero-order chi connectivity index (χ0) is 11.1. The van der Waals surface area contributed by atoms with Gasteiger partial charge in [0.05, 0.1) is 0 Å². The van der Waals surface area contributed by atoms with Gasteiger partial charge >= 0.3 is 0 Å². The van der Waals surface area contributed by atoms with Gasteiger partial charge in [-0.1, -0.05) is 18.7 Å². The van der Waals surface area contributed by atoms with Crippen LogP contribution in [0.3, 0.4) is 0 Å². The first-order valence-electron chi connectivity index (χ1n) is 4.84. The van der Waals surface area contributed by atoms with Gasteiger partial charge in [-0.3, -0.25) is 4.79 Å². The number of hydrogen-bond donors (Lipinski definition) is 0. The van der Waals surface area contributed by atoms with Crippen LogP contribution in [0.1, 0.15) is 27.7 Å². The molecule has 0 saturated carbocycles. The summed E-state index contributed by atoms with van der Waals surface area (Å²) in [6.45, 7) is 12.2. The average Bonchev–Trinajstić information content (AvgIpc) is 2.18. The minimum atomic E-state index is -0.0128. The van der Waals surface area contributed by atoms with Crippen LogP contribution < -0.4 is 0 Å². The molecule has 1 amide bonds. The van der Waals surface area contributed by atoms with Crippen LogP contribution in [0.25, 0.3) is 0 Å². The van der Waals surface area contributed by atoms with Crippen molar-refractivity contribution < 1.29 is 4.79 Å². The van der Waals surface area contributed by atoms with E-state index in [0.29, 0.717) is 6.54 Å². The molecule has 0 aromatic heterocycles. The summed E-state index contributed by atoms with van der Waals surface area (Å²) >= 11 is 0. The number of amides is 1. The van der Waals surface area contributed by atoms with Crippen LogP contribution in [-0.4, -0.2) is 17.4 Å². The molecule has 0 radical (unpaired) electrons. The van der Waals surface area contributed by atoms with Crippen molar-refractivity contribution in [3.63, 3.8) is 0 Å². The zero-order valence-corrected chi connectivity index (χ0v) is 9.50. The van der Waals surface area contributed by atoms with E-state index in [1.165, 1.54) is 0 Å². The van der Waals surface area contributed by atoms with Gasteiger partial charge in [0.2, 0.25) is 0 Å². The Morgan fingerprint density at radius 2 is 2.00 bits per heavy atom. The van der Waals surface area contributed by atoms with Gasteiger partial charge in [-0.25, -0.2) is 0 Å². The average molecular weight is 193 g/mol. The van der Waals surface area contributed by atoms with Crippen LogP contribution >= 0.6 is 0 Å². The highest BCUT2D eigenvalue weighted by atomic mass is 16.2. The van der Waals surface area contributed by atoms with Crippen LogP contribution in [0, 0.1) is 0 Å². The maximum absolute atomic E-state index is 11.6. The van der Waals surface area contributed by atoms with E-state index in [-0.39, 0.29) is 5.91 Å². The van der Waals surface area contributed by atoms with Crippen LogP contribution in [0.15, 0.2) is 36.1 Å². The summed E-state index contributed by atoms with van der Waals surface area (Å²) in [4.78, 5) is 13.2. The van der Waals surface area contributed by atoms with E-state index >= 15 is 0 Å². The summed E-state index contributed by atoms with van der Waals surface area (Å²) < 4.78 is 0. The maximum atomic E-state index is 11.6. The molecule has 0 aliphatic rings. The van der Waals surface area contributed by atoms with E-state index in [1.807, 2.05) is 33.8 Å². The predicted octanol–water partition coefficient (Wildman–Crippen LogP) is 2.89. The molecule has 0 spiro atoms. The van der Waals surface area contributed by atoms with Crippen LogP contribution in [0.5, 0.6) is 0 Å². The molecule has 0 rings (SSSR count). The van der Waals surface area contributed by atoms with E-state index in [0.717, 1.165) is 11.3 Å². The van der Waals surface area contributed by atoms with Gasteiger partial charge in [-0.15, -0.1) is 0 Å². The van der Waals surface area contributed by atoms with Crippen molar-refractivity contribution in [1.82, 2.24) is 4.90 Å². The first kappa shape index (κ1) is 12.7. The Labute approximate surface area is 86.6 Å². The molecule has 0 saturated heterocycles. The first-order valence-corrected chi connectivity index (χ1v) is 4.84. The predicted molar refractivity (Wildman–Crippen MR) is 60.8 cm³/mol. The van der Waals surface area contributed by atoms with Crippen LogP contribution in [0.4, 0.5) is 0 Å². The minimum Gasteiger partial charge on any atom is -0.310 e. The lowest BCUT2D eigenvalue weighted by atomic mass is 10.2. The van der Waals surface area contributed by atoms with Crippen molar-refractivity contribution >= 4 is 5.91 Å². The fourth-order valence-electron chi connectivity index (χ4n) is 1.09. The van der Waals surface area contributed by atoms with E-state index in [2.05, 4.69) is 6.58 Å². The molecule has 0 atom stereocenters. The number of carbonyl (C=O) groups is 1. The fraction of sp³-hybridized carbons (Fsp3) is 0.417. The highest BCUT2D eigenvalue weighted by Gasteiger charge is 2.12. The monoisotopic (exact) mass is 193 g/mol. The third-order valence-corrected chi connectivity index (χ3v) is 2.11. The minimum absolute atomic E-state index is 0.0128. The number of likely N-dealkylation sites (N-methyl/N-ethyl adjacent to an activating group) is 1. The molecule has 0 unspecified atom stereocenters. The summed E-state index contributed by atoms with van der Waals surface area (Å²) in [5.74, 6) is -0.0128. The largest absolute Gasteiger partial charge is 0.310 e. The van der Waals surface area contributed by atoms with E-state index < -0.39 is 0 Å². The molecule has 0 aliphatic carbocycles. The zero-order valence-electron chi connectivity index (χ0n) is 9.50. The highest BCUT2D eigenvalue weighted by molar-refractivity contribution is 5.89. The summed E-state index contributed by atoms with van der Waals surface area (Å²) in [5.41, 5.74) is 1.81. The van der Waals surface area contributed by atoms with Gasteiger partial charge < -0.3 is 4.90 Å². The summed E-state index contributed by atoms with van der Waals surface area (Å²) in [6.07, 6.45) is 5.24. The van der Waals surface area contributed by atoms with Gasteiger partial charge in [0, 0.05) is 12.2 Å². The smallest absolute Gasteiger partial charge is 0.250 e. The lowest BCUT2D eigenvalue weighted by Gasteiger charge is -2.22. The molecule has 0 N–H and O–H groups in total. The molecule has 14 heavy (non-hydrogen) atoms. The first-order chi connectivity index (χ1) is 6.58. The molecule has 78 valence electrons. The molecule has 2 heteroatoms. The van der Waals surface area contributed by atoms with Gasteiger partial charge in [0.1, 0.15) is 0 Å². The Balaban J connectivity index is 4.73. The third-order valence-electron chi connectivity index (χ3n) is 2.11. The quantitative estimate of drug-likeness (QED) is 0.496. The second-order valence-electron chi connectivity index (χ2n) is 3.00. The number of carbonyl (C=O) groups excluding carboxylic acids is 1. The Kier molecular flexibility index (Phi) is 5.61. The van der Waals surface area contributed by atoms with E-state index in [1.54, 1.807) is 17.1 Å². The topological polar surface area (TPSA) is 20.3 Å². The summed E-state index contributed by atoms with van der Waals surface area (Å²) in [6, 6.07) is 0. The van der Waals surface area contributed by atoms with Crippen molar-refractivity contribution in [3.05, 3.63) is 36.1 Å². The van der Waals surface area contributed by atoms with Crippen LogP contribution in [-0.2, 0) is 4.79 Å². The number of allylic oxidation sites excluding steroid dienone is 3. The second-order valence-corrected chi connectivity index (χ2v) is 3.00. The van der Waals surface area contributed by atoms with Gasteiger partial charge in [-0.2, -0.15) is 0 Å². The van der Waals surface area contributed by atoms with Gasteiger partial charge in [0.15, 0.2) is 0 Å². The molecule has 0 aromatic rings. The number of rotatable bonds is 4. The van der Waals surface area contributed by atoms with Crippen molar-refractivity contribution in [1.29, 1.82) is 0 Å². The maximum Gasteiger partial charge on any atom is 0.250 e. The van der Waals surface area contributed by atoms with Gasteiger partial charge in [0.25, 0.3) is 5.91 Å². The van der Waals surface area contributed by atoms with E-state index in [9.17, 15) is 4.79 Å². The SMILES string of the molecule is C=C(/C(C)=C\C)N(CC)C(=O)/C=C/C. The van der Waals surface area contributed by atoms with Gasteiger partial charge in [-0.05, 0) is 39.3 Å². The second kappa shape index (κ2) is 6.19. The van der Waals surface area contributed by atoms with Crippen molar-refractivity contribution in [2.24, 2.45) is 0 Å². The number of hydrogen-bond acceptors (Lipinski definition) is 1. The molecular formula is C12H19NO. The molecule has 0 heterocycles. The molecule has 0 aliphatic heterocycles. The fourth-order valence-corrected chi connectivity index (χ4v) is 1.09. The molecule has 2 nitrogen and oxygen atoms in total. The third kappa shape index (κ3) is 3.21. The van der Waals surface area contributed by atoms with E-state index in [4.69, 9.17) is 0 Å². The van der Waals surface area contributed by atoms with Crippen LogP contribution in [0.2, 0.25) is 0 Å². The van der Waals surface area contributed by atoms with Crippen molar-refractivity contribution in [2.75, 3.05) is 6.54 Å². The number of nitrogens with zero attached hydrogens (tertiary/aromatic N) is 1. The Bertz CT molecular complexity index is 274. The normalized spacial score (nSPS) is 11.9. The Hall–Kier alpha value is -1.31. The highest BCUT2D eigenvalue weighted by Crippen LogP contribution is 2.12. The van der Waals surface area contributed by atoms with Crippen molar-refractivity contribution in [3.8, 4) is 0 Å². The molecular weight excluding hydrogens is 174 g/mol. The Morgan fingerprint density at radius 3 is 2.36 bits per heavy atom. The molecule has 0 bridgehead atoms.